The van der Waals surface area contributed by atoms with Crippen molar-refractivity contribution < 1.29 is 27.4 Å². The maximum atomic E-state index is 12.9. The van der Waals surface area contributed by atoms with Crippen molar-refractivity contribution in [1.82, 2.24) is 9.80 Å². The van der Waals surface area contributed by atoms with Gasteiger partial charge in [-0.1, -0.05) is 24.3 Å². The molecule has 44 heavy (non-hydrogen) atoms. The van der Waals surface area contributed by atoms with Crippen molar-refractivity contribution in [2.24, 2.45) is 11.5 Å². The van der Waals surface area contributed by atoms with Crippen LogP contribution in [-0.2, 0) is 19.6 Å². The Morgan fingerprint density at radius 1 is 0.773 bits per heavy atom. The Morgan fingerprint density at radius 2 is 1.43 bits per heavy atom. The Balaban J connectivity index is 1.48. The van der Waals surface area contributed by atoms with E-state index in [0.29, 0.717) is 12.1 Å². The van der Waals surface area contributed by atoms with Crippen LogP contribution in [0.5, 0.6) is 17.2 Å². The molecule has 3 aromatic rings. The molecular formula is C34H43F3N4O3. The van der Waals surface area contributed by atoms with Crippen molar-refractivity contribution in [2.45, 2.75) is 44.8 Å². The molecule has 0 radical (unpaired) electrons. The van der Waals surface area contributed by atoms with Crippen LogP contribution < -0.4 is 25.7 Å². The molecule has 0 heterocycles. The van der Waals surface area contributed by atoms with E-state index in [1.54, 1.807) is 20.3 Å². The normalized spacial score (nSPS) is 14.6. The summed E-state index contributed by atoms with van der Waals surface area (Å²) in [7, 11) is 7.49. The lowest BCUT2D eigenvalue weighted by molar-refractivity contribution is -0.274. The Kier molecular flexibility index (Phi) is 11.3. The van der Waals surface area contributed by atoms with Gasteiger partial charge < -0.3 is 35.5 Å². The van der Waals surface area contributed by atoms with Gasteiger partial charge in [0.15, 0.2) is 0 Å². The lowest BCUT2D eigenvalue weighted by Gasteiger charge is -2.23. The molecule has 1 aliphatic rings. The molecule has 4 rings (SSSR count). The molecule has 10 heteroatoms. The van der Waals surface area contributed by atoms with Gasteiger partial charge in [0.05, 0.1) is 14.2 Å². The summed E-state index contributed by atoms with van der Waals surface area (Å²) in [5, 5.41) is 0. The van der Waals surface area contributed by atoms with Crippen LogP contribution >= 0.6 is 0 Å². The highest BCUT2D eigenvalue weighted by Crippen LogP contribution is 2.43. The summed E-state index contributed by atoms with van der Waals surface area (Å²) < 4.78 is 53.5. The minimum atomic E-state index is -4.77. The number of allylic oxidation sites excluding steroid dienone is 1. The number of likely N-dealkylation sites (N-methyl/N-ethyl adjacent to an activating group) is 2. The zero-order valence-corrected chi connectivity index (χ0v) is 25.9. The minimum absolute atomic E-state index is 0.0863. The predicted octanol–water partition coefficient (Wildman–Crippen LogP) is 5.89. The molecule has 1 unspecified atom stereocenters. The maximum absolute atomic E-state index is 12.9. The first-order chi connectivity index (χ1) is 21.0. The first-order valence-corrected chi connectivity index (χ1v) is 14.8. The number of nitrogens with zero attached hydrogens (tertiary/aromatic N) is 2. The summed E-state index contributed by atoms with van der Waals surface area (Å²) in [4.78, 5) is 4.54. The smallest absolute Gasteiger partial charge is 0.497 e. The van der Waals surface area contributed by atoms with E-state index in [-0.39, 0.29) is 18.2 Å². The van der Waals surface area contributed by atoms with Crippen molar-refractivity contribution in [3.8, 4) is 17.2 Å². The van der Waals surface area contributed by atoms with Crippen molar-refractivity contribution in [2.75, 3.05) is 47.9 Å². The fourth-order valence-corrected chi connectivity index (χ4v) is 5.73. The first kappa shape index (κ1) is 33.3. The highest BCUT2D eigenvalue weighted by atomic mass is 19.4. The van der Waals surface area contributed by atoms with Crippen molar-refractivity contribution >= 4 is 5.57 Å². The zero-order valence-electron chi connectivity index (χ0n) is 25.9. The van der Waals surface area contributed by atoms with E-state index in [1.165, 1.54) is 17.7 Å². The molecule has 0 saturated heterocycles. The Hall–Kier alpha value is -3.57. The number of hydrogen-bond acceptors (Lipinski definition) is 7. The van der Waals surface area contributed by atoms with E-state index < -0.39 is 6.36 Å². The lowest BCUT2D eigenvalue weighted by atomic mass is 9.92. The third-order valence-electron chi connectivity index (χ3n) is 7.89. The van der Waals surface area contributed by atoms with Crippen LogP contribution in [0.1, 0.15) is 52.1 Å². The Bertz CT molecular complexity index is 1420. The van der Waals surface area contributed by atoms with Gasteiger partial charge in [0.25, 0.3) is 0 Å². The third kappa shape index (κ3) is 8.75. The van der Waals surface area contributed by atoms with Gasteiger partial charge in [-0.3, -0.25) is 0 Å². The number of fused-ring (bicyclic) bond motifs is 1. The summed E-state index contributed by atoms with van der Waals surface area (Å²) in [6, 6.07) is 16.9. The molecule has 0 fully saturated rings. The molecule has 0 aromatic heterocycles. The number of nitrogens with two attached hydrogens (primary N) is 2. The predicted molar refractivity (Wildman–Crippen MR) is 168 cm³/mol. The van der Waals surface area contributed by atoms with Gasteiger partial charge in [0.1, 0.15) is 17.2 Å². The van der Waals surface area contributed by atoms with Gasteiger partial charge in [0, 0.05) is 44.7 Å². The average Bonchev–Trinajstić information content (AvgIpc) is 3.35. The van der Waals surface area contributed by atoms with Crippen LogP contribution in [0.4, 0.5) is 13.2 Å². The number of methoxy groups -OCH3 is 2. The maximum Gasteiger partial charge on any atom is 0.573 e. The number of alkyl halides is 3. The van der Waals surface area contributed by atoms with Gasteiger partial charge >= 0.3 is 6.36 Å². The number of hydrogen-bond donors (Lipinski definition) is 2. The average molecular weight is 613 g/mol. The second kappa shape index (κ2) is 14.9. The number of ether oxygens (including phenoxy) is 3. The van der Waals surface area contributed by atoms with Gasteiger partial charge in [-0.15, -0.1) is 13.2 Å². The molecule has 3 aromatic carbocycles. The molecule has 0 spiro atoms. The van der Waals surface area contributed by atoms with E-state index in [4.69, 9.17) is 20.9 Å². The second-order valence-corrected chi connectivity index (χ2v) is 11.3. The van der Waals surface area contributed by atoms with Gasteiger partial charge in [-0.05, 0) is 103 Å². The summed E-state index contributed by atoms with van der Waals surface area (Å²) in [6.45, 7) is 3.90. The quantitative estimate of drug-likeness (QED) is 0.221. The fraction of sp³-hybridized carbons (Fsp3) is 0.412. The van der Waals surface area contributed by atoms with Gasteiger partial charge in [0.2, 0.25) is 0 Å². The number of benzene rings is 3. The Morgan fingerprint density at radius 3 is 2.02 bits per heavy atom. The zero-order chi connectivity index (χ0) is 31.9. The summed E-state index contributed by atoms with van der Waals surface area (Å²) >= 11 is 0. The fourth-order valence-electron chi connectivity index (χ4n) is 5.73. The topological polar surface area (TPSA) is 86.2 Å². The van der Waals surface area contributed by atoms with E-state index in [0.717, 1.165) is 78.3 Å². The molecule has 0 aliphatic heterocycles. The Labute approximate surface area is 258 Å². The first-order valence-electron chi connectivity index (χ1n) is 14.8. The van der Waals surface area contributed by atoms with Gasteiger partial charge in [-0.25, -0.2) is 0 Å². The third-order valence-corrected chi connectivity index (χ3v) is 7.89. The highest BCUT2D eigenvalue weighted by molar-refractivity contribution is 5.87. The highest BCUT2D eigenvalue weighted by Gasteiger charge is 2.32. The number of rotatable bonds is 15. The van der Waals surface area contributed by atoms with Crippen molar-refractivity contribution in [3.63, 3.8) is 0 Å². The largest absolute Gasteiger partial charge is 0.573 e. The summed E-state index contributed by atoms with van der Waals surface area (Å²) in [6.07, 6.45) is -0.797. The van der Waals surface area contributed by atoms with Crippen LogP contribution in [0.2, 0.25) is 0 Å². The van der Waals surface area contributed by atoms with E-state index in [9.17, 15) is 13.2 Å². The van der Waals surface area contributed by atoms with Crippen molar-refractivity contribution in [3.05, 3.63) is 94.1 Å². The molecule has 4 N–H and O–H groups in total. The molecule has 0 amide bonds. The van der Waals surface area contributed by atoms with Crippen molar-refractivity contribution in [1.29, 1.82) is 0 Å². The van der Waals surface area contributed by atoms with Crippen LogP contribution in [0, 0.1) is 0 Å². The molecule has 1 aliphatic carbocycles. The second-order valence-electron chi connectivity index (χ2n) is 11.3. The lowest BCUT2D eigenvalue weighted by Crippen LogP contribution is -2.30. The summed E-state index contributed by atoms with van der Waals surface area (Å²) in [5.41, 5.74) is 18.8. The molecular weight excluding hydrogens is 569 g/mol. The van der Waals surface area contributed by atoms with Crippen LogP contribution in [0.3, 0.4) is 0 Å². The standard InChI is InChI=1S/C34H43F3N4O3/c1-40(12-13-41(2)22-24-14-28(42-3)19-29(15-24)43-4)21-23-7-9-30-25(6-5-11-38)18-33(32(30)16-23)31-10-8-27(17-26(31)20-39)44-34(35,36)37/h7-10,14-19,25H,5-6,11-13,20-22,38-39H2,1-4H3. The van der Waals surface area contributed by atoms with E-state index in [1.807, 2.05) is 18.2 Å². The van der Waals surface area contributed by atoms with E-state index >= 15 is 0 Å². The molecule has 238 valence electrons. The molecule has 1 atom stereocenters. The number of halogens is 3. The van der Waals surface area contributed by atoms with Crippen LogP contribution in [0.15, 0.2) is 60.7 Å². The summed E-state index contributed by atoms with van der Waals surface area (Å²) in [5.74, 6) is 1.44. The SMILES string of the molecule is COc1cc(CN(C)CCN(C)Cc2ccc3c(c2)C(c2ccc(OC(F)(F)F)cc2CN)=CC3CCCN)cc(OC)c1. The molecule has 0 saturated carbocycles. The van der Waals surface area contributed by atoms with Gasteiger partial charge in [-0.2, -0.15) is 0 Å². The van der Waals surface area contributed by atoms with Crippen LogP contribution in [-0.4, -0.2) is 64.1 Å². The van der Waals surface area contributed by atoms with Crippen LogP contribution in [0.25, 0.3) is 5.57 Å². The van der Waals surface area contributed by atoms with E-state index in [2.05, 4.69) is 52.9 Å². The monoisotopic (exact) mass is 612 g/mol. The minimum Gasteiger partial charge on any atom is -0.497 e. The molecule has 7 nitrogen and oxygen atoms in total. The molecule has 0 bridgehead atoms.